The molecule has 0 aliphatic rings. The zero-order chi connectivity index (χ0) is 14.1. The molecule has 5 nitrogen and oxygen atoms in total. The van der Waals surface area contributed by atoms with Crippen molar-refractivity contribution in [2.45, 2.75) is 0 Å². The first-order valence-electron chi connectivity index (χ1n) is 5.46. The SMILES string of the molecule is O=Cc1cn(-c2ncccn2)nc1-c1cc(Cl)sc1Cl. The fourth-order valence-electron chi connectivity index (χ4n) is 1.70. The number of hydrogen-bond acceptors (Lipinski definition) is 5. The van der Waals surface area contributed by atoms with Crippen molar-refractivity contribution in [1.29, 1.82) is 0 Å². The van der Waals surface area contributed by atoms with E-state index in [-0.39, 0.29) is 0 Å². The van der Waals surface area contributed by atoms with Crippen LogP contribution in [0.2, 0.25) is 8.67 Å². The van der Waals surface area contributed by atoms with Gasteiger partial charge in [0, 0.05) is 24.2 Å². The standard InChI is InChI=1S/C12H6Cl2N4OS/c13-9-4-8(11(14)20-9)10-7(6-19)5-18(17-10)12-15-2-1-3-16-12/h1-6H. The molecule has 0 fully saturated rings. The molecule has 0 aliphatic heterocycles. The molecule has 0 unspecified atom stereocenters. The molecule has 0 bridgehead atoms. The Bertz CT molecular complexity index is 769. The van der Waals surface area contributed by atoms with Crippen LogP contribution in [0.15, 0.2) is 30.7 Å². The van der Waals surface area contributed by atoms with E-state index in [0.29, 0.717) is 37.7 Å². The molecule has 0 saturated heterocycles. The van der Waals surface area contributed by atoms with Crippen LogP contribution in [-0.4, -0.2) is 26.0 Å². The van der Waals surface area contributed by atoms with Gasteiger partial charge in [-0.05, 0) is 12.1 Å². The molecule has 0 spiro atoms. The molecule has 0 saturated carbocycles. The van der Waals surface area contributed by atoms with Crippen molar-refractivity contribution >= 4 is 40.8 Å². The molecule has 3 aromatic heterocycles. The fraction of sp³-hybridized carbons (Fsp3) is 0. The average molecular weight is 325 g/mol. The van der Waals surface area contributed by atoms with Crippen LogP contribution >= 0.6 is 34.5 Å². The molecule has 3 heterocycles. The Labute approximate surface area is 127 Å². The van der Waals surface area contributed by atoms with Gasteiger partial charge in [0.25, 0.3) is 0 Å². The van der Waals surface area contributed by atoms with E-state index in [9.17, 15) is 4.79 Å². The lowest BCUT2D eigenvalue weighted by molar-refractivity contribution is 0.112. The number of aromatic nitrogens is 4. The second kappa shape index (κ2) is 5.32. The molecule has 8 heteroatoms. The summed E-state index contributed by atoms with van der Waals surface area (Å²) >= 11 is 13.2. The molecule has 100 valence electrons. The monoisotopic (exact) mass is 324 g/mol. The molecular formula is C12H6Cl2N4OS. The minimum atomic E-state index is 0.374. The summed E-state index contributed by atoms with van der Waals surface area (Å²) < 4.78 is 2.45. The second-order valence-corrected chi connectivity index (χ2v) is 6.07. The molecular weight excluding hydrogens is 319 g/mol. The Morgan fingerprint density at radius 2 is 2.00 bits per heavy atom. The van der Waals surface area contributed by atoms with Gasteiger partial charge in [-0.3, -0.25) is 4.79 Å². The van der Waals surface area contributed by atoms with Crippen LogP contribution in [0.5, 0.6) is 0 Å². The summed E-state index contributed by atoms with van der Waals surface area (Å²) in [6, 6.07) is 3.38. The normalized spacial score (nSPS) is 10.7. The highest BCUT2D eigenvalue weighted by atomic mass is 35.5. The van der Waals surface area contributed by atoms with Crippen molar-refractivity contribution < 1.29 is 4.79 Å². The number of carbonyl (C=O) groups is 1. The molecule has 3 rings (SSSR count). The highest BCUT2D eigenvalue weighted by molar-refractivity contribution is 7.20. The molecule has 0 aromatic carbocycles. The van der Waals surface area contributed by atoms with E-state index in [0.717, 1.165) is 0 Å². The number of carbonyl (C=O) groups excluding carboxylic acids is 1. The number of nitrogens with zero attached hydrogens (tertiary/aromatic N) is 4. The van der Waals surface area contributed by atoms with Gasteiger partial charge in [-0.15, -0.1) is 11.3 Å². The maximum atomic E-state index is 11.2. The molecule has 3 aromatic rings. The van der Waals surface area contributed by atoms with E-state index in [1.54, 1.807) is 30.7 Å². The highest BCUT2D eigenvalue weighted by Crippen LogP contribution is 2.38. The van der Waals surface area contributed by atoms with Crippen LogP contribution in [0.1, 0.15) is 10.4 Å². The first kappa shape index (κ1) is 13.2. The van der Waals surface area contributed by atoms with Gasteiger partial charge in [-0.1, -0.05) is 23.2 Å². The molecule has 0 amide bonds. The van der Waals surface area contributed by atoms with Gasteiger partial charge < -0.3 is 0 Å². The lowest BCUT2D eigenvalue weighted by Gasteiger charge is -1.97. The number of halogens is 2. The Morgan fingerprint density at radius 1 is 1.25 bits per heavy atom. The van der Waals surface area contributed by atoms with Crippen molar-refractivity contribution in [2.75, 3.05) is 0 Å². The molecule has 0 atom stereocenters. The first-order valence-corrected chi connectivity index (χ1v) is 7.03. The fourth-order valence-corrected chi connectivity index (χ4v) is 3.16. The summed E-state index contributed by atoms with van der Waals surface area (Å²) in [6.45, 7) is 0. The topological polar surface area (TPSA) is 60.7 Å². The minimum Gasteiger partial charge on any atom is -0.298 e. The Morgan fingerprint density at radius 3 is 2.60 bits per heavy atom. The average Bonchev–Trinajstić information content (AvgIpc) is 3.02. The van der Waals surface area contributed by atoms with Gasteiger partial charge in [-0.25, -0.2) is 14.6 Å². The molecule has 0 aliphatic carbocycles. The summed E-state index contributed by atoms with van der Waals surface area (Å²) in [4.78, 5) is 19.3. The highest BCUT2D eigenvalue weighted by Gasteiger charge is 2.17. The van der Waals surface area contributed by atoms with E-state index in [2.05, 4.69) is 15.1 Å². The molecule has 20 heavy (non-hydrogen) atoms. The summed E-state index contributed by atoms with van der Waals surface area (Å²) in [7, 11) is 0. The summed E-state index contributed by atoms with van der Waals surface area (Å²) in [5.41, 5.74) is 1.48. The van der Waals surface area contributed by atoms with Crippen LogP contribution in [0.3, 0.4) is 0 Å². The number of rotatable bonds is 3. The van der Waals surface area contributed by atoms with Gasteiger partial charge in [-0.2, -0.15) is 5.10 Å². The second-order valence-electron chi connectivity index (χ2n) is 3.78. The Hall–Kier alpha value is -1.76. The Kier molecular flexibility index (Phi) is 3.52. The predicted molar refractivity (Wildman–Crippen MR) is 77.9 cm³/mol. The Balaban J connectivity index is 2.15. The minimum absolute atomic E-state index is 0.374. The molecule has 0 N–H and O–H groups in total. The zero-order valence-corrected chi connectivity index (χ0v) is 12.2. The first-order chi connectivity index (χ1) is 9.69. The van der Waals surface area contributed by atoms with Crippen molar-refractivity contribution in [2.24, 2.45) is 0 Å². The third kappa shape index (κ3) is 2.33. The van der Waals surface area contributed by atoms with E-state index in [1.807, 2.05) is 0 Å². The lowest BCUT2D eigenvalue weighted by atomic mass is 10.2. The van der Waals surface area contributed by atoms with Crippen molar-refractivity contribution in [3.63, 3.8) is 0 Å². The lowest BCUT2D eigenvalue weighted by Crippen LogP contribution is -2.00. The number of aldehydes is 1. The van der Waals surface area contributed by atoms with Crippen LogP contribution in [0, 0.1) is 0 Å². The third-order valence-electron chi connectivity index (χ3n) is 2.54. The van der Waals surface area contributed by atoms with Crippen molar-refractivity contribution in [3.8, 4) is 17.2 Å². The maximum Gasteiger partial charge on any atom is 0.250 e. The van der Waals surface area contributed by atoms with Gasteiger partial charge >= 0.3 is 0 Å². The van der Waals surface area contributed by atoms with Crippen LogP contribution in [0.4, 0.5) is 0 Å². The van der Waals surface area contributed by atoms with E-state index >= 15 is 0 Å². The summed E-state index contributed by atoms with van der Waals surface area (Å²) in [6.07, 6.45) is 5.46. The van der Waals surface area contributed by atoms with Crippen molar-refractivity contribution in [1.82, 2.24) is 19.7 Å². The largest absolute Gasteiger partial charge is 0.298 e. The third-order valence-corrected chi connectivity index (χ3v) is 4.03. The summed E-state index contributed by atoms with van der Waals surface area (Å²) in [5, 5.41) is 4.32. The summed E-state index contributed by atoms with van der Waals surface area (Å²) in [5.74, 6) is 0.374. The van der Waals surface area contributed by atoms with Gasteiger partial charge in [0.15, 0.2) is 6.29 Å². The molecule has 0 radical (unpaired) electrons. The van der Waals surface area contributed by atoms with E-state index in [1.165, 1.54) is 16.0 Å². The van der Waals surface area contributed by atoms with Gasteiger partial charge in [0.05, 0.1) is 9.90 Å². The van der Waals surface area contributed by atoms with Crippen LogP contribution < -0.4 is 0 Å². The zero-order valence-electron chi connectivity index (χ0n) is 9.83. The predicted octanol–water partition coefficient (Wildman–Crippen LogP) is 3.51. The maximum absolute atomic E-state index is 11.2. The number of thiophene rings is 1. The van der Waals surface area contributed by atoms with E-state index in [4.69, 9.17) is 23.2 Å². The van der Waals surface area contributed by atoms with Crippen LogP contribution in [-0.2, 0) is 0 Å². The van der Waals surface area contributed by atoms with Gasteiger partial charge in [0.2, 0.25) is 5.95 Å². The van der Waals surface area contributed by atoms with Crippen LogP contribution in [0.25, 0.3) is 17.2 Å². The quantitative estimate of drug-likeness (QED) is 0.692. The van der Waals surface area contributed by atoms with Gasteiger partial charge in [0.1, 0.15) is 10.0 Å². The van der Waals surface area contributed by atoms with Crippen molar-refractivity contribution in [3.05, 3.63) is 45.0 Å². The number of hydrogen-bond donors (Lipinski definition) is 0. The van der Waals surface area contributed by atoms with E-state index < -0.39 is 0 Å². The smallest absolute Gasteiger partial charge is 0.250 e.